The zero-order valence-corrected chi connectivity index (χ0v) is 15.7. The van der Waals surface area contributed by atoms with Gasteiger partial charge in [-0.3, -0.25) is 9.69 Å². The molecule has 1 aromatic rings. The van der Waals surface area contributed by atoms with Crippen LogP contribution in [0.3, 0.4) is 0 Å². The molecular formula is C16H27Cl2N5O. The van der Waals surface area contributed by atoms with E-state index >= 15 is 0 Å². The lowest BCUT2D eigenvalue weighted by molar-refractivity contribution is -0.135. The molecule has 0 saturated carbocycles. The van der Waals surface area contributed by atoms with E-state index in [1.165, 1.54) is 0 Å². The average Bonchev–Trinajstić information content (AvgIpc) is 2.57. The molecule has 6 nitrogen and oxygen atoms in total. The van der Waals surface area contributed by atoms with Crippen LogP contribution in [0.15, 0.2) is 24.4 Å². The smallest absolute Gasteiger partial charge is 0.237 e. The molecule has 2 fully saturated rings. The predicted octanol–water partition coefficient (Wildman–Crippen LogP) is 0.867. The van der Waals surface area contributed by atoms with Gasteiger partial charge in [-0.15, -0.1) is 24.8 Å². The Morgan fingerprint density at radius 1 is 1.21 bits per heavy atom. The van der Waals surface area contributed by atoms with Crippen molar-refractivity contribution < 1.29 is 4.79 Å². The van der Waals surface area contributed by atoms with Crippen LogP contribution in [0.1, 0.15) is 6.92 Å². The summed E-state index contributed by atoms with van der Waals surface area (Å²) in [6.07, 6.45) is 1.83. The normalized spacial score (nSPS) is 21.6. The van der Waals surface area contributed by atoms with E-state index in [9.17, 15) is 4.79 Å². The second kappa shape index (κ2) is 10.0. The lowest BCUT2D eigenvalue weighted by Crippen LogP contribution is -2.56. The predicted molar refractivity (Wildman–Crippen MR) is 101 cm³/mol. The number of carbonyl (C=O) groups excluding carboxylic acids is 1. The van der Waals surface area contributed by atoms with E-state index in [-0.39, 0.29) is 30.7 Å². The Bertz CT molecular complexity index is 497. The van der Waals surface area contributed by atoms with Crippen LogP contribution < -0.4 is 10.2 Å². The van der Waals surface area contributed by atoms with E-state index in [1.54, 1.807) is 0 Å². The molecule has 136 valence electrons. The van der Waals surface area contributed by atoms with Gasteiger partial charge in [0.1, 0.15) is 5.82 Å². The van der Waals surface area contributed by atoms with Crippen LogP contribution in [0.2, 0.25) is 0 Å². The van der Waals surface area contributed by atoms with Crippen LogP contribution in [-0.2, 0) is 4.79 Å². The Morgan fingerprint density at radius 3 is 2.58 bits per heavy atom. The molecule has 0 radical (unpaired) electrons. The standard InChI is InChI=1S/C16H25N5O.2ClH/c1-14-12-17-6-7-21(14)16(22)13-19-8-10-20(11-9-19)15-4-2-3-5-18-15;;/h2-5,14,17H,6-13H2,1H3;2*1H. The Hall–Kier alpha value is -1.08. The number of carbonyl (C=O) groups is 1. The first-order valence-corrected chi connectivity index (χ1v) is 8.12. The number of nitrogens with one attached hydrogen (secondary N) is 1. The van der Waals surface area contributed by atoms with Crippen LogP contribution >= 0.6 is 24.8 Å². The largest absolute Gasteiger partial charge is 0.354 e. The Morgan fingerprint density at radius 2 is 1.96 bits per heavy atom. The molecule has 1 amide bonds. The highest BCUT2D eigenvalue weighted by atomic mass is 35.5. The number of halogens is 2. The van der Waals surface area contributed by atoms with Gasteiger partial charge in [0.25, 0.3) is 0 Å². The summed E-state index contributed by atoms with van der Waals surface area (Å²) in [7, 11) is 0. The van der Waals surface area contributed by atoms with Gasteiger partial charge in [-0.2, -0.15) is 0 Å². The number of hydrogen-bond donors (Lipinski definition) is 1. The molecule has 0 bridgehead atoms. The van der Waals surface area contributed by atoms with E-state index in [0.29, 0.717) is 12.6 Å². The minimum absolute atomic E-state index is 0. The van der Waals surface area contributed by atoms with Gasteiger partial charge < -0.3 is 15.1 Å². The van der Waals surface area contributed by atoms with E-state index in [4.69, 9.17) is 0 Å². The molecule has 1 unspecified atom stereocenters. The summed E-state index contributed by atoms with van der Waals surface area (Å²) < 4.78 is 0. The maximum absolute atomic E-state index is 12.5. The number of hydrogen-bond acceptors (Lipinski definition) is 5. The molecule has 3 rings (SSSR count). The number of pyridine rings is 1. The van der Waals surface area contributed by atoms with Crippen LogP contribution in [0.5, 0.6) is 0 Å². The van der Waals surface area contributed by atoms with Gasteiger partial charge >= 0.3 is 0 Å². The molecule has 1 N–H and O–H groups in total. The Kier molecular flexibility index (Phi) is 8.76. The average molecular weight is 376 g/mol. The molecule has 2 aliphatic heterocycles. The van der Waals surface area contributed by atoms with Crippen LogP contribution in [-0.4, -0.2) is 79.1 Å². The van der Waals surface area contributed by atoms with Gasteiger partial charge in [0.15, 0.2) is 0 Å². The molecule has 3 heterocycles. The number of aromatic nitrogens is 1. The Labute approximate surface area is 156 Å². The van der Waals surface area contributed by atoms with E-state index in [2.05, 4.69) is 27.0 Å². The van der Waals surface area contributed by atoms with Crippen molar-refractivity contribution in [3.63, 3.8) is 0 Å². The number of piperazine rings is 2. The van der Waals surface area contributed by atoms with Crippen molar-refractivity contribution in [3.8, 4) is 0 Å². The molecule has 0 spiro atoms. The van der Waals surface area contributed by atoms with Crippen molar-refractivity contribution in [1.29, 1.82) is 0 Å². The maximum atomic E-state index is 12.5. The quantitative estimate of drug-likeness (QED) is 0.849. The first kappa shape index (κ1) is 21.0. The fourth-order valence-corrected chi connectivity index (χ4v) is 3.17. The van der Waals surface area contributed by atoms with Crippen molar-refractivity contribution in [2.24, 2.45) is 0 Å². The maximum Gasteiger partial charge on any atom is 0.237 e. The lowest BCUT2D eigenvalue weighted by Gasteiger charge is -2.38. The summed E-state index contributed by atoms with van der Waals surface area (Å²) in [5.74, 6) is 1.30. The van der Waals surface area contributed by atoms with Crippen molar-refractivity contribution in [2.45, 2.75) is 13.0 Å². The van der Waals surface area contributed by atoms with Crippen molar-refractivity contribution in [1.82, 2.24) is 20.1 Å². The first-order valence-electron chi connectivity index (χ1n) is 8.12. The molecule has 0 aliphatic carbocycles. The van der Waals surface area contributed by atoms with Gasteiger partial charge in [-0.25, -0.2) is 4.98 Å². The van der Waals surface area contributed by atoms with Crippen molar-refractivity contribution in [2.75, 3.05) is 57.3 Å². The minimum atomic E-state index is 0. The second-order valence-electron chi connectivity index (χ2n) is 6.09. The molecule has 1 atom stereocenters. The molecule has 0 aromatic carbocycles. The van der Waals surface area contributed by atoms with Crippen LogP contribution in [0.25, 0.3) is 0 Å². The second-order valence-corrected chi connectivity index (χ2v) is 6.09. The molecule has 2 saturated heterocycles. The summed E-state index contributed by atoms with van der Waals surface area (Å²) in [4.78, 5) is 23.4. The topological polar surface area (TPSA) is 51.7 Å². The van der Waals surface area contributed by atoms with Crippen LogP contribution in [0.4, 0.5) is 5.82 Å². The zero-order valence-electron chi connectivity index (χ0n) is 14.1. The van der Waals surface area contributed by atoms with Gasteiger partial charge in [0.05, 0.1) is 6.54 Å². The highest BCUT2D eigenvalue weighted by molar-refractivity contribution is 5.85. The number of anilines is 1. The van der Waals surface area contributed by atoms with Gasteiger partial charge in [0.2, 0.25) is 5.91 Å². The number of amides is 1. The third-order valence-corrected chi connectivity index (χ3v) is 4.53. The van der Waals surface area contributed by atoms with E-state index < -0.39 is 0 Å². The molecular weight excluding hydrogens is 349 g/mol. The van der Waals surface area contributed by atoms with Crippen molar-refractivity contribution in [3.05, 3.63) is 24.4 Å². The van der Waals surface area contributed by atoms with E-state index in [0.717, 1.165) is 51.6 Å². The third-order valence-electron chi connectivity index (χ3n) is 4.53. The number of rotatable bonds is 3. The van der Waals surface area contributed by atoms with Gasteiger partial charge in [0, 0.05) is 58.1 Å². The summed E-state index contributed by atoms with van der Waals surface area (Å²) in [6.45, 7) is 8.99. The summed E-state index contributed by atoms with van der Waals surface area (Å²) in [5.41, 5.74) is 0. The third kappa shape index (κ3) is 5.21. The highest BCUT2D eigenvalue weighted by Gasteiger charge is 2.26. The molecule has 2 aliphatic rings. The van der Waals surface area contributed by atoms with E-state index in [1.807, 2.05) is 29.3 Å². The fraction of sp³-hybridized carbons (Fsp3) is 0.625. The van der Waals surface area contributed by atoms with Gasteiger partial charge in [-0.1, -0.05) is 6.07 Å². The molecule has 1 aromatic heterocycles. The summed E-state index contributed by atoms with van der Waals surface area (Å²) in [6, 6.07) is 6.30. The Balaban J connectivity index is 0.00000144. The highest BCUT2D eigenvalue weighted by Crippen LogP contribution is 2.13. The molecule has 8 heteroatoms. The monoisotopic (exact) mass is 375 g/mol. The SMILES string of the molecule is CC1CNCCN1C(=O)CN1CCN(c2ccccn2)CC1.Cl.Cl. The molecule has 24 heavy (non-hydrogen) atoms. The van der Waals surface area contributed by atoms with Crippen molar-refractivity contribution >= 4 is 36.5 Å². The fourth-order valence-electron chi connectivity index (χ4n) is 3.17. The first-order chi connectivity index (χ1) is 10.7. The van der Waals surface area contributed by atoms with Crippen LogP contribution in [0, 0.1) is 0 Å². The summed E-state index contributed by atoms with van der Waals surface area (Å²) >= 11 is 0. The van der Waals surface area contributed by atoms with Gasteiger partial charge in [-0.05, 0) is 19.1 Å². The number of nitrogens with zero attached hydrogens (tertiary/aromatic N) is 4. The lowest BCUT2D eigenvalue weighted by atomic mass is 10.2. The summed E-state index contributed by atoms with van der Waals surface area (Å²) in [5, 5.41) is 3.33. The zero-order chi connectivity index (χ0) is 15.4. The minimum Gasteiger partial charge on any atom is -0.354 e.